The molecule has 0 saturated carbocycles. The molecule has 0 saturated heterocycles. The highest BCUT2D eigenvalue weighted by molar-refractivity contribution is 7.97. The Labute approximate surface area is 115 Å². The van der Waals surface area contributed by atoms with E-state index < -0.39 is 6.09 Å². The number of hydrogen-bond acceptors (Lipinski definition) is 3. The Morgan fingerprint density at radius 2 is 2.39 bits per heavy atom. The van der Waals surface area contributed by atoms with Crippen LogP contribution in [0.25, 0.3) is 0 Å². The number of aliphatic imine (C=N–C) groups is 1. The van der Waals surface area contributed by atoms with Gasteiger partial charge in [-0.2, -0.15) is 0 Å². The average Bonchev–Trinajstić information content (AvgIpc) is 2.27. The van der Waals surface area contributed by atoms with Gasteiger partial charge in [0.25, 0.3) is 0 Å². The van der Waals surface area contributed by atoms with Crippen LogP contribution in [0.1, 0.15) is 5.56 Å². The predicted molar refractivity (Wildman–Crippen MR) is 75.7 cm³/mol. The summed E-state index contributed by atoms with van der Waals surface area (Å²) in [5.41, 5.74) is 1.82. The van der Waals surface area contributed by atoms with Gasteiger partial charge in [0.05, 0.1) is 11.6 Å². The van der Waals surface area contributed by atoms with Crippen LogP contribution in [0.4, 0.5) is 10.5 Å². The molecule has 0 bridgehead atoms. The zero-order valence-corrected chi connectivity index (χ0v) is 11.6. The number of benzene rings is 1. The number of nitrogens with zero attached hydrogens (tertiary/aromatic N) is 2. The van der Waals surface area contributed by atoms with Gasteiger partial charge in [-0.05, 0) is 42.6 Å². The van der Waals surface area contributed by atoms with Gasteiger partial charge in [-0.3, -0.25) is 0 Å². The largest absolute Gasteiger partial charge is 0.465 e. The van der Waals surface area contributed by atoms with Crippen LogP contribution in [-0.2, 0) is 0 Å². The lowest BCUT2D eigenvalue weighted by Crippen LogP contribution is -2.22. The molecule has 0 aromatic heterocycles. The van der Waals surface area contributed by atoms with Crippen molar-refractivity contribution in [3.05, 3.63) is 28.8 Å². The zero-order valence-electron chi connectivity index (χ0n) is 10.1. The highest BCUT2D eigenvalue weighted by Crippen LogP contribution is 2.22. The molecule has 0 aliphatic heterocycles. The molecule has 0 spiro atoms. The number of halogens is 1. The third-order valence-electron chi connectivity index (χ3n) is 2.01. The van der Waals surface area contributed by atoms with Gasteiger partial charge in [0, 0.05) is 12.1 Å². The van der Waals surface area contributed by atoms with Gasteiger partial charge in [-0.25, -0.2) is 9.79 Å². The van der Waals surface area contributed by atoms with Gasteiger partial charge in [0.1, 0.15) is 6.34 Å². The first-order valence-electron chi connectivity index (χ1n) is 5.12. The summed E-state index contributed by atoms with van der Waals surface area (Å²) >= 11 is 7.15. The van der Waals surface area contributed by atoms with Gasteiger partial charge < -0.3 is 14.7 Å². The maximum absolute atomic E-state index is 10.2. The Morgan fingerprint density at radius 1 is 1.67 bits per heavy atom. The highest BCUT2D eigenvalue weighted by Gasteiger charge is 1.99. The first-order chi connectivity index (χ1) is 8.49. The van der Waals surface area contributed by atoms with E-state index in [1.165, 1.54) is 11.9 Å². The molecule has 0 aliphatic rings. The lowest BCUT2D eigenvalue weighted by Gasteiger charge is -2.11. The summed E-state index contributed by atoms with van der Waals surface area (Å²) in [5.74, 6) is 0.275. The number of carbonyl (C=O) groups is 1. The lowest BCUT2D eigenvalue weighted by molar-refractivity contribution is 0.196. The van der Waals surface area contributed by atoms with E-state index in [0.29, 0.717) is 5.02 Å². The Hall–Kier alpha value is -1.40. The van der Waals surface area contributed by atoms with Crippen molar-refractivity contribution in [3.63, 3.8) is 0 Å². The van der Waals surface area contributed by atoms with Gasteiger partial charge >= 0.3 is 6.09 Å². The van der Waals surface area contributed by atoms with Crippen molar-refractivity contribution in [2.24, 2.45) is 4.99 Å². The third-order valence-corrected chi connectivity index (χ3v) is 3.02. The van der Waals surface area contributed by atoms with Crippen molar-refractivity contribution in [1.29, 1.82) is 0 Å². The van der Waals surface area contributed by atoms with Gasteiger partial charge in [-0.15, -0.1) is 0 Å². The molecule has 0 atom stereocenters. The van der Waals surface area contributed by atoms with E-state index in [1.807, 2.05) is 19.1 Å². The summed E-state index contributed by atoms with van der Waals surface area (Å²) < 4.78 is 1.73. The molecule has 18 heavy (non-hydrogen) atoms. The standard InChI is InChI=1S/C11H14ClN3O2S/c1-8-5-9(12)3-4-10(8)13-6-15(2)18-7-14-11(16)17/h3-6,14H,7H2,1-2H3,(H,16,17). The summed E-state index contributed by atoms with van der Waals surface area (Å²) in [4.78, 5) is 14.5. The first kappa shape index (κ1) is 14.7. The van der Waals surface area contributed by atoms with Crippen molar-refractivity contribution in [2.75, 3.05) is 12.9 Å². The molecular weight excluding hydrogens is 274 g/mol. The van der Waals surface area contributed by atoms with Crippen LogP contribution in [0.2, 0.25) is 5.02 Å². The fourth-order valence-corrected chi connectivity index (χ4v) is 1.87. The smallest absolute Gasteiger partial charge is 0.405 e. The third kappa shape index (κ3) is 5.29. The van der Waals surface area contributed by atoms with E-state index in [-0.39, 0.29) is 5.88 Å². The van der Waals surface area contributed by atoms with Crippen LogP contribution in [0.3, 0.4) is 0 Å². The molecule has 1 aromatic carbocycles. The van der Waals surface area contributed by atoms with Crippen molar-refractivity contribution in [2.45, 2.75) is 6.92 Å². The number of aryl methyl sites for hydroxylation is 1. The molecular formula is C11H14ClN3O2S. The van der Waals surface area contributed by atoms with E-state index in [0.717, 1.165) is 11.3 Å². The number of hydrogen-bond donors (Lipinski definition) is 2. The lowest BCUT2D eigenvalue weighted by atomic mass is 10.2. The molecule has 1 amide bonds. The van der Waals surface area contributed by atoms with Gasteiger partial charge in [0.2, 0.25) is 0 Å². The minimum Gasteiger partial charge on any atom is -0.465 e. The average molecular weight is 288 g/mol. The fourth-order valence-electron chi connectivity index (χ4n) is 1.14. The molecule has 0 radical (unpaired) electrons. The molecule has 0 fully saturated rings. The molecule has 5 nitrogen and oxygen atoms in total. The predicted octanol–water partition coefficient (Wildman–Crippen LogP) is 3.11. The number of amides is 1. The van der Waals surface area contributed by atoms with Crippen LogP contribution >= 0.6 is 23.5 Å². The van der Waals surface area contributed by atoms with Gasteiger partial charge in [0.15, 0.2) is 0 Å². The van der Waals surface area contributed by atoms with Crippen LogP contribution in [-0.4, -0.2) is 34.8 Å². The van der Waals surface area contributed by atoms with E-state index in [4.69, 9.17) is 16.7 Å². The quantitative estimate of drug-likeness (QED) is 0.378. The second-order valence-electron chi connectivity index (χ2n) is 3.48. The summed E-state index contributed by atoms with van der Waals surface area (Å²) in [6.07, 6.45) is 0.589. The molecule has 1 aromatic rings. The molecule has 7 heteroatoms. The van der Waals surface area contributed by atoms with Crippen molar-refractivity contribution in [3.8, 4) is 0 Å². The number of rotatable bonds is 5. The van der Waals surface area contributed by atoms with Gasteiger partial charge in [-0.1, -0.05) is 11.6 Å². The first-order valence-corrected chi connectivity index (χ1v) is 6.44. The second-order valence-corrected chi connectivity index (χ2v) is 5.04. The summed E-state index contributed by atoms with van der Waals surface area (Å²) in [5, 5.41) is 11.3. The Bertz CT molecular complexity index is 454. The fraction of sp³-hybridized carbons (Fsp3) is 0.273. The van der Waals surface area contributed by atoms with Crippen LogP contribution in [0, 0.1) is 6.92 Å². The number of nitrogens with one attached hydrogen (secondary N) is 1. The summed E-state index contributed by atoms with van der Waals surface area (Å²) in [6.45, 7) is 1.93. The molecule has 0 aliphatic carbocycles. The summed E-state index contributed by atoms with van der Waals surface area (Å²) in [6, 6.07) is 5.45. The highest BCUT2D eigenvalue weighted by atomic mass is 35.5. The van der Waals surface area contributed by atoms with Crippen molar-refractivity contribution >= 4 is 41.7 Å². The molecule has 1 rings (SSSR count). The molecule has 0 heterocycles. The van der Waals surface area contributed by atoms with E-state index in [9.17, 15) is 4.79 Å². The normalized spacial score (nSPS) is 10.6. The molecule has 98 valence electrons. The second kappa shape index (κ2) is 7.13. The Kier molecular flexibility index (Phi) is 5.80. The maximum Gasteiger partial charge on any atom is 0.405 e. The topological polar surface area (TPSA) is 64.9 Å². The maximum atomic E-state index is 10.2. The SMILES string of the molecule is Cc1cc(Cl)ccc1N=CN(C)SCNC(=O)O. The van der Waals surface area contributed by atoms with Crippen molar-refractivity contribution < 1.29 is 9.90 Å². The van der Waals surface area contributed by atoms with Crippen LogP contribution in [0.5, 0.6) is 0 Å². The van der Waals surface area contributed by atoms with E-state index in [2.05, 4.69) is 10.3 Å². The molecule has 0 unspecified atom stereocenters. The summed E-state index contributed by atoms with van der Waals surface area (Å²) in [7, 11) is 1.79. The minimum atomic E-state index is -1.04. The number of carboxylic acid groups (broad SMARTS) is 1. The monoisotopic (exact) mass is 287 g/mol. The van der Waals surface area contributed by atoms with E-state index >= 15 is 0 Å². The van der Waals surface area contributed by atoms with Crippen LogP contribution in [0.15, 0.2) is 23.2 Å². The molecule has 2 N–H and O–H groups in total. The van der Waals surface area contributed by atoms with Crippen LogP contribution < -0.4 is 5.32 Å². The zero-order chi connectivity index (χ0) is 13.5. The Morgan fingerprint density at radius 3 is 3.00 bits per heavy atom. The van der Waals surface area contributed by atoms with E-state index in [1.54, 1.807) is 23.8 Å². The minimum absolute atomic E-state index is 0.275. The Balaban J connectivity index is 2.50. The van der Waals surface area contributed by atoms with Crippen molar-refractivity contribution in [1.82, 2.24) is 9.62 Å².